The molecule has 1 saturated heterocycles. The van der Waals surface area contributed by atoms with Crippen LogP contribution in [0, 0.1) is 0 Å². The lowest BCUT2D eigenvalue weighted by molar-refractivity contribution is 0.0631. The molecule has 4 heterocycles. The monoisotopic (exact) mass is 428 g/mol. The number of nitrogens with zero attached hydrogens (tertiary/aromatic N) is 5. The highest BCUT2D eigenvalue weighted by atomic mass is 16.2. The molecular weight excluding hydrogens is 404 g/mol. The van der Waals surface area contributed by atoms with Gasteiger partial charge >= 0.3 is 0 Å². The van der Waals surface area contributed by atoms with Crippen molar-refractivity contribution in [3.8, 4) is 11.3 Å². The second-order valence-corrected chi connectivity index (χ2v) is 7.93. The van der Waals surface area contributed by atoms with Gasteiger partial charge in [-0.25, -0.2) is 4.68 Å². The van der Waals surface area contributed by atoms with Crippen molar-refractivity contribution in [2.45, 2.75) is 6.54 Å². The van der Waals surface area contributed by atoms with Gasteiger partial charge in [-0.1, -0.05) is 0 Å². The molecule has 1 fully saturated rings. The van der Waals surface area contributed by atoms with Gasteiger partial charge in [-0.3, -0.25) is 19.5 Å². The number of aromatic nitrogens is 4. The molecule has 8 nitrogen and oxygen atoms in total. The van der Waals surface area contributed by atoms with E-state index < -0.39 is 0 Å². The molecule has 0 bridgehead atoms. The fraction of sp³-hybridized carbons (Fsp3) is 0.250. The van der Waals surface area contributed by atoms with E-state index in [-0.39, 0.29) is 11.5 Å². The zero-order chi connectivity index (χ0) is 21.9. The van der Waals surface area contributed by atoms with Crippen molar-refractivity contribution in [2.24, 2.45) is 0 Å². The maximum Gasteiger partial charge on any atom is 0.266 e. The number of amides is 1. The summed E-state index contributed by atoms with van der Waals surface area (Å²) >= 11 is 0. The Morgan fingerprint density at radius 1 is 0.938 bits per heavy atom. The Labute approximate surface area is 185 Å². The second-order valence-electron chi connectivity index (χ2n) is 7.93. The Bertz CT molecular complexity index is 1290. The van der Waals surface area contributed by atoms with Crippen molar-refractivity contribution in [1.29, 1.82) is 0 Å². The van der Waals surface area contributed by atoms with Crippen LogP contribution in [0.4, 0.5) is 0 Å². The molecule has 1 aliphatic rings. The number of piperazine rings is 1. The number of carbonyl (C=O) groups is 1. The van der Waals surface area contributed by atoms with Gasteiger partial charge in [0.2, 0.25) is 0 Å². The molecule has 1 aliphatic heterocycles. The molecular formula is C24H24N6O2. The minimum Gasteiger partial charge on any atom is -0.361 e. The molecule has 1 N–H and O–H groups in total. The number of carbonyl (C=O) groups excluding carboxylic acids is 1. The molecule has 8 heteroatoms. The van der Waals surface area contributed by atoms with E-state index >= 15 is 0 Å². The number of hydrogen-bond acceptors (Lipinski definition) is 5. The Morgan fingerprint density at radius 2 is 1.75 bits per heavy atom. The summed E-state index contributed by atoms with van der Waals surface area (Å²) in [5.74, 6) is 0.0655. The number of nitrogens with one attached hydrogen (secondary N) is 1. The van der Waals surface area contributed by atoms with Crippen LogP contribution in [-0.4, -0.2) is 68.2 Å². The van der Waals surface area contributed by atoms with Crippen LogP contribution < -0.4 is 5.56 Å². The number of pyridine rings is 1. The van der Waals surface area contributed by atoms with Crippen molar-refractivity contribution >= 4 is 16.8 Å². The summed E-state index contributed by atoms with van der Waals surface area (Å²) in [6.45, 7) is 4.11. The molecule has 0 unspecified atom stereocenters. The van der Waals surface area contributed by atoms with Gasteiger partial charge in [-0.05, 0) is 42.5 Å². The van der Waals surface area contributed by atoms with Gasteiger partial charge in [-0.15, -0.1) is 0 Å². The minimum absolute atomic E-state index is 0.0655. The molecule has 5 rings (SSSR count). The van der Waals surface area contributed by atoms with Crippen LogP contribution in [0.3, 0.4) is 0 Å². The molecule has 0 atom stereocenters. The van der Waals surface area contributed by atoms with Gasteiger partial charge in [-0.2, -0.15) is 5.10 Å². The first-order valence-electron chi connectivity index (χ1n) is 10.7. The highest BCUT2D eigenvalue weighted by Crippen LogP contribution is 2.17. The number of hydrogen-bond donors (Lipinski definition) is 1. The maximum absolute atomic E-state index is 12.9. The van der Waals surface area contributed by atoms with Crippen LogP contribution in [0.2, 0.25) is 0 Å². The van der Waals surface area contributed by atoms with Gasteiger partial charge < -0.3 is 9.88 Å². The van der Waals surface area contributed by atoms with Gasteiger partial charge in [0.25, 0.3) is 11.5 Å². The minimum atomic E-state index is -0.114. The standard InChI is InChI=1S/C24H24N6O2/c31-23-4-3-22(18-5-8-25-9-6-18)27-30(23)16-13-28-11-14-29(15-12-28)24(32)20-1-2-21-19(17-20)7-10-26-21/h1-10,17,26H,11-16H2. The third kappa shape index (κ3) is 4.17. The third-order valence-electron chi connectivity index (χ3n) is 5.93. The molecule has 0 saturated carbocycles. The lowest BCUT2D eigenvalue weighted by Gasteiger charge is -2.34. The van der Waals surface area contributed by atoms with E-state index in [0.29, 0.717) is 31.7 Å². The van der Waals surface area contributed by atoms with Gasteiger partial charge in [0.1, 0.15) is 0 Å². The summed E-state index contributed by atoms with van der Waals surface area (Å²) in [5, 5.41) is 5.56. The largest absolute Gasteiger partial charge is 0.361 e. The first-order chi connectivity index (χ1) is 15.7. The fourth-order valence-corrected chi connectivity index (χ4v) is 4.07. The number of H-pyrrole nitrogens is 1. The summed E-state index contributed by atoms with van der Waals surface area (Å²) in [4.78, 5) is 36.5. The van der Waals surface area contributed by atoms with E-state index in [2.05, 4.69) is 20.0 Å². The number of benzene rings is 1. The highest BCUT2D eigenvalue weighted by Gasteiger charge is 2.22. The van der Waals surface area contributed by atoms with Crippen LogP contribution in [0.5, 0.6) is 0 Å². The molecule has 0 aliphatic carbocycles. The van der Waals surface area contributed by atoms with Crippen LogP contribution >= 0.6 is 0 Å². The van der Waals surface area contributed by atoms with Gasteiger partial charge in [0, 0.05) is 79.4 Å². The molecule has 4 aromatic rings. The van der Waals surface area contributed by atoms with Crippen molar-refractivity contribution in [3.63, 3.8) is 0 Å². The molecule has 0 radical (unpaired) electrons. The van der Waals surface area contributed by atoms with E-state index in [1.807, 2.05) is 47.5 Å². The Balaban J connectivity index is 1.18. The van der Waals surface area contributed by atoms with E-state index in [0.717, 1.165) is 35.2 Å². The van der Waals surface area contributed by atoms with Crippen molar-refractivity contribution in [2.75, 3.05) is 32.7 Å². The van der Waals surface area contributed by atoms with Crippen LogP contribution in [0.15, 0.2) is 71.9 Å². The lowest BCUT2D eigenvalue weighted by Crippen LogP contribution is -2.49. The Kier molecular flexibility index (Phi) is 5.51. The number of aromatic amines is 1. The number of rotatable bonds is 5. The van der Waals surface area contributed by atoms with Crippen molar-refractivity contribution < 1.29 is 4.79 Å². The fourth-order valence-electron chi connectivity index (χ4n) is 4.07. The summed E-state index contributed by atoms with van der Waals surface area (Å²) in [6.07, 6.45) is 5.30. The zero-order valence-electron chi connectivity index (χ0n) is 17.6. The zero-order valence-corrected chi connectivity index (χ0v) is 17.6. The summed E-state index contributed by atoms with van der Waals surface area (Å²) in [5.41, 5.74) is 3.31. The summed E-state index contributed by atoms with van der Waals surface area (Å²) in [7, 11) is 0. The van der Waals surface area contributed by atoms with Gasteiger partial charge in [0.05, 0.1) is 12.2 Å². The predicted molar refractivity (Wildman–Crippen MR) is 122 cm³/mol. The van der Waals surface area contributed by atoms with E-state index in [9.17, 15) is 9.59 Å². The second kappa shape index (κ2) is 8.76. The average molecular weight is 428 g/mol. The van der Waals surface area contributed by atoms with E-state index in [1.54, 1.807) is 24.5 Å². The summed E-state index contributed by atoms with van der Waals surface area (Å²) < 4.78 is 1.51. The average Bonchev–Trinajstić information content (AvgIpc) is 3.32. The molecule has 1 amide bonds. The molecule has 0 spiro atoms. The van der Waals surface area contributed by atoms with Crippen molar-refractivity contribution in [1.82, 2.24) is 29.5 Å². The first-order valence-corrected chi connectivity index (χ1v) is 10.7. The first kappa shape index (κ1) is 20.1. The van der Waals surface area contributed by atoms with E-state index in [1.165, 1.54) is 4.68 Å². The maximum atomic E-state index is 12.9. The molecule has 1 aromatic carbocycles. The topological polar surface area (TPSA) is 87.1 Å². The Hall–Kier alpha value is -3.78. The third-order valence-corrected chi connectivity index (χ3v) is 5.93. The SMILES string of the molecule is O=C(c1ccc2[nH]ccc2c1)N1CCN(CCn2nc(-c3ccncc3)ccc2=O)CC1. The van der Waals surface area contributed by atoms with Crippen molar-refractivity contribution in [3.05, 3.63) is 83.0 Å². The predicted octanol–water partition coefficient (Wildman–Crippen LogP) is 2.24. The molecule has 162 valence electrons. The molecule has 32 heavy (non-hydrogen) atoms. The highest BCUT2D eigenvalue weighted by molar-refractivity contribution is 5.98. The van der Waals surface area contributed by atoms with Gasteiger partial charge in [0.15, 0.2) is 0 Å². The van der Waals surface area contributed by atoms with Crippen LogP contribution in [0.1, 0.15) is 10.4 Å². The smallest absolute Gasteiger partial charge is 0.266 e. The van der Waals surface area contributed by atoms with E-state index in [4.69, 9.17) is 0 Å². The number of fused-ring (bicyclic) bond motifs is 1. The van der Waals surface area contributed by atoms with Crippen LogP contribution in [0.25, 0.3) is 22.2 Å². The quantitative estimate of drug-likeness (QED) is 0.527. The van der Waals surface area contributed by atoms with Crippen LogP contribution in [-0.2, 0) is 6.54 Å². The Morgan fingerprint density at radius 3 is 2.56 bits per heavy atom. The molecule has 3 aromatic heterocycles. The lowest BCUT2D eigenvalue weighted by atomic mass is 10.1. The summed E-state index contributed by atoms with van der Waals surface area (Å²) in [6, 6.07) is 14.8. The normalized spacial score (nSPS) is 14.7.